The molecule has 0 aliphatic heterocycles. The molecule has 2 rings (SSSR count). The molecule has 2 aliphatic carbocycles. The number of carbonyl (C=O) groups excluding carboxylic acids is 2. The van der Waals surface area contributed by atoms with E-state index in [2.05, 4.69) is 0 Å². The fourth-order valence-corrected chi connectivity index (χ4v) is 2.24. The van der Waals surface area contributed by atoms with Crippen LogP contribution in [0.4, 0.5) is 0 Å². The van der Waals surface area contributed by atoms with Crippen molar-refractivity contribution in [3.8, 4) is 0 Å². The van der Waals surface area contributed by atoms with Crippen LogP contribution in [0, 0.1) is 5.41 Å². The first kappa shape index (κ1) is 9.13. The maximum Gasteiger partial charge on any atom is 0.178 e. The van der Waals surface area contributed by atoms with Crippen LogP contribution in [0.2, 0.25) is 0 Å². The van der Waals surface area contributed by atoms with Gasteiger partial charge in [0.1, 0.15) is 6.29 Å². The normalized spacial score (nSPS) is 26.3. The SMILES string of the molecule is O=C/C=C1/CCCC12C=CC(=O)C=C2. The molecule has 2 heteroatoms. The van der Waals surface area contributed by atoms with Gasteiger partial charge in [0, 0.05) is 5.41 Å². The number of allylic oxidation sites excluding steroid dienone is 6. The highest BCUT2D eigenvalue weighted by Gasteiger charge is 2.34. The molecule has 14 heavy (non-hydrogen) atoms. The molecule has 72 valence electrons. The van der Waals surface area contributed by atoms with Crippen LogP contribution >= 0.6 is 0 Å². The van der Waals surface area contributed by atoms with E-state index in [0.29, 0.717) is 0 Å². The monoisotopic (exact) mass is 188 g/mol. The second-order valence-corrected chi connectivity index (χ2v) is 3.79. The first-order valence-electron chi connectivity index (χ1n) is 4.84. The average Bonchev–Trinajstić information content (AvgIpc) is 2.56. The third-order valence-electron chi connectivity index (χ3n) is 2.99. The highest BCUT2D eigenvalue weighted by molar-refractivity contribution is 6.00. The molecule has 0 radical (unpaired) electrons. The Labute approximate surface area is 83.0 Å². The van der Waals surface area contributed by atoms with E-state index in [9.17, 15) is 9.59 Å². The van der Waals surface area contributed by atoms with Gasteiger partial charge in [-0.05, 0) is 37.5 Å². The van der Waals surface area contributed by atoms with E-state index >= 15 is 0 Å². The van der Waals surface area contributed by atoms with Crippen LogP contribution in [0.5, 0.6) is 0 Å². The van der Waals surface area contributed by atoms with Gasteiger partial charge in [-0.15, -0.1) is 0 Å². The summed E-state index contributed by atoms with van der Waals surface area (Å²) in [5.41, 5.74) is 1.00. The van der Waals surface area contributed by atoms with Crippen LogP contribution in [0.3, 0.4) is 0 Å². The molecular formula is C12H12O2. The lowest BCUT2D eigenvalue weighted by molar-refractivity contribution is -0.110. The topological polar surface area (TPSA) is 34.1 Å². The van der Waals surface area contributed by atoms with Gasteiger partial charge in [-0.1, -0.05) is 17.7 Å². The molecule has 0 saturated heterocycles. The minimum absolute atomic E-state index is 0.0352. The Morgan fingerprint density at radius 2 is 2.00 bits per heavy atom. The zero-order valence-electron chi connectivity index (χ0n) is 7.90. The van der Waals surface area contributed by atoms with Crippen molar-refractivity contribution in [1.82, 2.24) is 0 Å². The van der Waals surface area contributed by atoms with Crippen molar-refractivity contribution >= 4 is 12.1 Å². The van der Waals surface area contributed by atoms with Gasteiger partial charge in [-0.2, -0.15) is 0 Å². The van der Waals surface area contributed by atoms with Gasteiger partial charge in [-0.3, -0.25) is 9.59 Å². The molecule has 2 nitrogen and oxygen atoms in total. The number of hydrogen-bond acceptors (Lipinski definition) is 2. The maximum atomic E-state index is 11.0. The minimum Gasteiger partial charge on any atom is -0.299 e. The molecule has 1 spiro atoms. The van der Waals surface area contributed by atoms with E-state index in [4.69, 9.17) is 0 Å². The van der Waals surface area contributed by atoms with Crippen molar-refractivity contribution in [2.75, 3.05) is 0 Å². The van der Waals surface area contributed by atoms with Crippen molar-refractivity contribution in [1.29, 1.82) is 0 Å². The third kappa shape index (κ3) is 1.37. The van der Waals surface area contributed by atoms with E-state index in [1.54, 1.807) is 18.2 Å². The Hall–Kier alpha value is -1.44. The van der Waals surface area contributed by atoms with Crippen molar-refractivity contribution in [2.45, 2.75) is 19.3 Å². The smallest absolute Gasteiger partial charge is 0.178 e. The predicted molar refractivity (Wildman–Crippen MR) is 53.7 cm³/mol. The summed E-state index contributed by atoms with van der Waals surface area (Å²) in [6.07, 6.45) is 12.6. The maximum absolute atomic E-state index is 11.0. The van der Waals surface area contributed by atoms with Crippen LogP contribution < -0.4 is 0 Å². The first-order valence-corrected chi connectivity index (χ1v) is 4.84. The Morgan fingerprint density at radius 1 is 1.29 bits per heavy atom. The van der Waals surface area contributed by atoms with Crippen LogP contribution in [0.1, 0.15) is 19.3 Å². The lowest BCUT2D eigenvalue weighted by Crippen LogP contribution is -2.16. The molecule has 1 fully saturated rings. The molecular weight excluding hydrogens is 176 g/mol. The van der Waals surface area contributed by atoms with E-state index in [0.717, 1.165) is 31.1 Å². The van der Waals surface area contributed by atoms with Crippen molar-refractivity contribution in [3.05, 3.63) is 36.0 Å². The number of rotatable bonds is 1. The summed E-state index contributed by atoms with van der Waals surface area (Å²) >= 11 is 0. The molecule has 0 atom stereocenters. The van der Waals surface area contributed by atoms with Crippen LogP contribution in [-0.4, -0.2) is 12.1 Å². The second-order valence-electron chi connectivity index (χ2n) is 3.79. The molecule has 1 saturated carbocycles. The largest absolute Gasteiger partial charge is 0.299 e. The summed E-state index contributed by atoms with van der Waals surface area (Å²) in [5, 5.41) is 0. The number of ketones is 1. The summed E-state index contributed by atoms with van der Waals surface area (Å²) in [5.74, 6) is 0.0352. The highest BCUT2D eigenvalue weighted by Crippen LogP contribution is 2.46. The fourth-order valence-electron chi connectivity index (χ4n) is 2.24. The Kier molecular flexibility index (Phi) is 2.20. The fraction of sp³-hybridized carbons (Fsp3) is 0.333. The van der Waals surface area contributed by atoms with Gasteiger partial charge >= 0.3 is 0 Å². The molecule has 2 aliphatic rings. The van der Waals surface area contributed by atoms with Gasteiger partial charge in [0.2, 0.25) is 0 Å². The highest BCUT2D eigenvalue weighted by atomic mass is 16.1. The Morgan fingerprint density at radius 3 is 2.64 bits per heavy atom. The lowest BCUT2D eigenvalue weighted by atomic mass is 9.79. The summed E-state index contributed by atoms with van der Waals surface area (Å²) in [6.45, 7) is 0. The summed E-state index contributed by atoms with van der Waals surface area (Å²) in [6, 6.07) is 0. The minimum atomic E-state index is -0.130. The van der Waals surface area contributed by atoms with Gasteiger partial charge < -0.3 is 0 Å². The standard InChI is InChI=1S/C12H12O2/c13-9-5-10-2-1-6-12(10)7-3-11(14)4-8-12/h3-5,7-9H,1-2,6H2/b10-5-. The number of hydrogen-bond donors (Lipinski definition) is 0. The third-order valence-corrected chi connectivity index (χ3v) is 2.99. The van der Waals surface area contributed by atoms with E-state index in [1.165, 1.54) is 0 Å². The Bertz CT molecular complexity index is 343. The van der Waals surface area contributed by atoms with Gasteiger partial charge in [0.15, 0.2) is 5.78 Å². The quantitative estimate of drug-likeness (QED) is 0.465. The first-order chi connectivity index (χ1) is 6.77. The lowest BCUT2D eigenvalue weighted by Gasteiger charge is -2.24. The molecule has 0 aromatic heterocycles. The molecule has 0 amide bonds. The molecule has 0 aromatic rings. The molecule has 0 bridgehead atoms. The van der Waals surface area contributed by atoms with Crippen molar-refractivity contribution < 1.29 is 9.59 Å². The number of aldehydes is 1. The second kappa shape index (κ2) is 3.37. The predicted octanol–water partition coefficient (Wildman–Crippen LogP) is 1.98. The van der Waals surface area contributed by atoms with E-state index in [1.807, 2.05) is 12.2 Å². The summed E-state index contributed by atoms with van der Waals surface area (Å²) in [7, 11) is 0. The van der Waals surface area contributed by atoms with E-state index in [-0.39, 0.29) is 11.2 Å². The molecule has 0 N–H and O–H groups in total. The molecule has 0 aromatic carbocycles. The summed E-state index contributed by atoms with van der Waals surface area (Å²) in [4.78, 5) is 21.5. The van der Waals surface area contributed by atoms with Crippen molar-refractivity contribution in [2.24, 2.45) is 5.41 Å². The Balaban J connectivity index is 2.36. The van der Waals surface area contributed by atoms with Gasteiger partial charge in [0.25, 0.3) is 0 Å². The van der Waals surface area contributed by atoms with Crippen LogP contribution in [0.25, 0.3) is 0 Å². The zero-order valence-corrected chi connectivity index (χ0v) is 7.90. The van der Waals surface area contributed by atoms with Crippen LogP contribution in [0.15, 0.2) is 36.0 Å². The number of carbonyl (C=O) groups is 2. The molecule has 0 unspecified atom stereocenters. The average molecular weight is 188 g/mol. The zero-order chi connectivity index (χ0) is 10.0. The van der Waals surface area contributed by atoms with E-state index < -0.39 is 0 Å². The summed E-state index contributed by atoms with van der Waals surface area (Å²) < 4.78 is 0. The van der Waals surface area contributed by atoms with Gasteiger partial charge in [-0.25, -0.2) is 0 Å². The van der Waals surface area contributed by atoms with Crippen LogP contribution in [-0.2, 0) is 9.59 Å². The van der Waals surface area contributed by atoms with Crippen molar-refractivity contribution in [3.63, 3.8) is 0 Å². The molecule has 0 heterocycles. The van der Waals surface area contributed by atoms with Gasteiger partial charge in [0.05, 0.1) is 0 Å².